The van der Waals surface area contributed by atoms with E-state index in [1.807, 2.05) is 0 Å². The number of anilines is 2. The summed E-state index contributed by atoms with van der Waals surface area (Å²) >= 11 is 3.43. The summed E-state index contributed by atoms with van der Waals surface area (Å²) in [6, 6.07) is 8.67. The van der Waals surface area contributed by atoms with Gasteiger partial charge in [-0.15, -0.1) is 0 Å². The fourth-order valence-corrected chi connectivity index (χ4v) is 2.19. The summed E-state index contributed by atoms with van der Waals surface area (Å²) < 4.78 is 5.35. The van der Waals surface area contributed by atoms with Crippen molar-refractivity contribution in [2.45, 2.75) is 6.42 Å². The number of halogens is 1. The van der Waals surface area contributed by atoms with Gasteiger partial charge in [-0.2, -0.15) is 0 Å². The van der Waals surface area contributed by atoms with E-state index in [2.05, 4.69) is 50.4 Å². The number of hydrogen-bond acceptors (Lipinski definition) is 3. The molecule has 17 heavy (non-hydrogen) atoms. The lowest BCUT2D eigenvalue weighted by Crippen LogP contribution is -2.36. The molecule has 0 radical (unpaired) electrons. The minimum atomic E-state index is 0.839. The van der Waals surface area contributed by atoms with Crippen molar-refractivity contribution in [3.8, 4) is 0 Å². The minimum absolute atomic E-state index is 0.839. The highest BCUT2D eigenvalue weighted by molar-refractivity contribution is 9.09. The van der Waals surface area contributed by atoms with Crippen molar-refractivity contribution in [1.29, 1.82) is 0 Å². The van der Waals surface area contributed by atoms with E-state index in [0.717, 1.165) is 44.6 Å². The molecule has 1 fully saturated rings. The molecule has 0 unspecified atom stereocenters. The molecule has 1 aromatic carbocycles. The molecule has 1 saturated heterocycles. The first-order valence-corrected chi connectivity index (χ1v) is 7.25. The van der Waals surface area contributed by atoms with Crippen LogP contribution < -0.4 is 10.2 Å². The quantitative estimate of drug-likeness (QED) is 0.668. The zero-order valence-corrected chi connectivity index (χ0v) is 11.6. The third kappa shape index (κ3) is 3.89. The maximum Gasteiger partial charge on any atom is 0.0642 e. The molecule has 0 atom stereocenters. The SMILES string of the molecule is BrCCCNc1ccc(N2CCOCC2)cc1. The van der Waals surface area contributed by atoms with Gasteiger partial charge in [-0.3, -0.25) is 0 Å². The van der Waals surface area contributed by atoms with Crippen LogP contribution >= 0.6 is 15.9 Å². The van der Waals surface area contributed by atoms with E-state index in [-0.39, 0.29) is 0 Å². The van der Waals surface area contributed by atoms with Crippen molar-refractivity contribution in [2.24, 2.45) is 0 Å². The lowest BCUT2D eigenvalue weighted by atomic mass is 10.2. The van der Waals surface area contributed by atoms with Crippen LogP contribution in [0.25, 0.3) is 0 Å². The number of benzene rings is 1. The van der Waals surface area contributed by atoms with Crippen molar-refractivity contribution < 1.29 is 4.74 Å². The fraction of sp³-hybridized carbons (Fsp3) is 0.538. The van der Waals surface area contributed by atoms with Crippen LogP contribution in [0.3, 0.4) is 0 Å². The molecule has 1 heterocycles. The summed E-state index contributed by atoms with van der Waals surface area (Å²) in [5.41, 5.74) is 2.49. The monoisotopic (exact) mass is 298 g/mol. The van der Waals surface area contributed by atoms with Gasteiger partial charge in [0.05, 0.1) is 13.2 Å². The van der Waals surface area contributed by atoms with E-state index in [0.29, 0.717) is 0 Å². The molecule has 0 saturated carbocycles. The highest BCUT2D eigenvalue weighted by Gasteiger charge is 2.10. The Balaban J connectivity index is 1.88. The highest BCUT2D eigenvalue weighted by atomic mass is 79.9. The molecule has 1 aliphatic heterocycles. The summed E-state index contributed by atoms with van der Waals surface area (Å²) in [7, 11) is 0. The van der Waals surface area contributed by atoms with Crippen LogP contribution in [0.4, 0.5) is 11.4 Å². The Bertz CT molecular complexity index is 323. The second kappa shape index (κ2) is 6.87. The van der Waals surface area contributed by atoms with Gasteiger partial charge in [-0.05, 0) is 30.7 Å². The van der Waals surface area contributed by atoms with Crippen LogP contribution in [-0.2, 0) is 4.74 Å². The van der Waals surface area contributed by atoms with Gasteiger partial charge in [-0.1, -0.05) is 15.9 Å². The highest BCUT2D eigenvalue weighted by Crippen LogP contribution is 2.18. The van der Waals surface area contributed by atoms with Gasteiger partial charge in [0, 0.05) is 36.3 Å². The number of rotatable bonds is 5. The Morgan fingerprint density at radius 2 is 1.88 bits per heavy atom. The van der Waals surface area contributed by atoms with Crippen LogP contribution in [0.5, 0.6) is 0 Å². The van der Waals surface area contributed by atoms with Gasteiger partial charge in [0.1, 0.15) is 0 Å². The molecule has 0 aromatic heterocycles. The number of alkyl halides is 1. The predicted octanol–water partition coefficient (Wildman–Crippen LogP) is 2.72. The third-order valence-electron chi connectivity index (χ3n) is 2.88. The van der Waals surface area contributed by atoms with E-state index >= 15 is 0 Å². The lowest BCUT2D eigenvalue weighted by Gasteiger charge is -2.28. The fourth-order valence-electron chi connectivity index (χ4n) is 1.91. The number of hydrogen-bond donors (Lipinski definition) is 1. The number of morpholine rings is 1. The van der Waals surface area contributed by atoms with Crippen molar-refractivity contribution in [3.63, 3.8) is 0 Å². The molecular weight excluding hydrogens is 280 g/mol. The predicted molar refractivity (Wildman–Crippen MR) is 76.4 cm³/mol. The van der Waals surface area contributed by atoms with E-state index in [9.17, 15) is 0 Å². The van der Waals surface area contributed by atoms with Gasteiger partial charge in [0.25, 0.3) is 0 Å². The molecule has 0 bridgehead atoms. The summed E-state index contributed by atoms with van der Waals surface area (Å²) in [6.45, 7) is 4.69. The summed E-state index contributed by atoms with van der Waals surface area (Å²) in [5.74, 6) is 0. The zero-order valence-electron chi connectivity index (χ0n) is 9.99. The number of nitrogens with zero attached hydrogens (tertiary/aromatic N) is 1. The van der Waals surface area contributed by atoms with Crippen LogP contribution in [0, 0.1) is 0 Å². The first kappa shape index (κ1) is 12.7. The molecule has 1 aromatic rings. The van der Waals surface area contributed by atoms with Crippen LogP contribution in [0.2, 0.25) is 0 Å². The van der Waals surface area contributed by atoms with Crippen LogP contribution in [-0.4, -0.2) is 38.2 Å². The maximum atomic E-state index is 5.35. The van der Waals surface area contributed by atoms with Gasteiger partial charge in [-0.25, -0.2) is 0 Å². The molecule has 0 aliphatic carbocycles. The molecule has 1 aliphatic rings. The minimum Gasteiger partial charge on any atom is -0.385 e. The zero-order chi connectivity index (χ0) is 11.9. The first-order valence-electron chi connectivity index (χ1n) is 6.13. The second-order valence-corrected chi connectivity index (χ2v) is 4.91. The van der Waals surface area contributed by atoms with Crippen molar-refractivity contribution in [2.75, 3.05) is 48.4 Å². The van der Waals surface area contributed by atoms with Crippen molar-refractivity contribution in [1.82, 2.24) is 0 Å². The largest absolute Gasteiger partial charge is 0.385 e. The Labute approximate surface area is 111 Å². The molecule has 0 amide bonds. The van der Waals surface area contributed by atoms with E-state index < -0.39 is 0 Å². The smallest absolute Gasteiger partial charge is 0.0642 e. The van der Waals surface area contributed by atoms with Crippen LogP contribution in [0.15, 0.2) is 24.3 Å². The van der Waals surface area contributed by atoms with Crippen molar-refractivity contribution >= 4 is 27.3 Å². The average Bonchev–Trinajstić information content (AvgIpc) is 2.41. The standard InChI is InChI=1S/C13H19BrN2O/c14-6-1-7-15-12-2-4-13(5-3-12)16-8-10-17-11-9-16/h2-5,15H,1,6-11H2. The Morgan fingerprint density at radius 3 is 2.53 bits per heavy atom. The Hall–Kier alpha value is -0.740. The van der Waals surface area contributed by atoms with Crippen molar-refractivity contribution in [3.05, 3.63) is 24.3 Å². The second-order valence-electron chi connectivity index (χ2n) is 4.12. The summed E-state index contributed by atoms with van der Waals surface area (Å²) in [6.07, 6.45) is 1.14. The Morgan fingerprint density at radius 1 is 1.18 bits per heavy atom. The van der Waals surface area contributed by atoms with E-state index in [4.69, 9.17) is 4.74 Å². The molecule has 0 spiro atoms. The summed E-state index contributed by atoms with van der Waals surface area (Å²) in [5, 5.41) is 4.45. The third-order valence-corrected chi connectivity index (χ3v) is 3.44. The van der Waals surface area contributed by atoms with E-state index in [1.165, 1.54) is 11.4 Å². The first-order chi connectivity index (χ1) is 8.40. The molecular formula is C13H19BrN2O. The molecule has 1 N–H and O–H groups in total. The van der Waals surface area contributed by atoms with Gasteiger partial charge >= 0.3 is 0 Å². The lowest BCUT2D eigenvalue weighted by molar-refractivity contribution is 0.122. The van der Waals surface area contributed by atoms with Gasteiger partial charge in [0.15, 0.2) is 0 Å². The maximum absolute atomic E-state index is 5.35. The number of ether oxygens (including phenoxy) is 1. The molecule has 3 nitrogen and oxygen atoms in total. The number of nitrogens with one attached hydrogen (secondary N) is 1. The average molecular weight is 299 g/mol. The summed E-state index contributed by atoms with van der Waals surface area (Å²) in [4.78, 5) is 2.37. The van der Waals surface area contributed by atoms with Gasteiger partial charge < -0.3 is 15.0 Å². The van der Waals surface area contributed by atoms with E-state index in [1.54, 1.807) is 0 Å². The molecule has 94 valence electrons. The topological polar surface area (TPSA) is 24.5 Å². The molecule has 4 heteroatoms. The Kier molecular flexibility index (Phi) is 5.13. The normalized spacial score (nSPS) is 15.9. The molecule has 2 rings (SSSR count). The van der Waals surface area contributed by atoms with Crippen LogP contribution in [0.1, 0.15) is 6.42 Å². The van der Waals surface area contributed by atoms with Gasteiger partial charge in [0.2, 0.25) is 0 Å².